The normalized spacial score (nSPS) is 18.2. The Balaban J connectivity index is 0.000000354. The Morgan fingerprint density at radius 3 is 2.25 bits per heavy atom. The Morgan fingerprint density at radius 2 is 1.83 bits per heavy atom. The molecule has 2 nitrogen and oxygen atoms in total. The van der Waals surface area contributed by atoms with Crippen molar-refractivity contribution in [2.24, 2.45) is 5.73 Å². The summed E-state index contributed by atoms with van der Waals surface area (Å²) in [6, 6.07) is 0.830. The zero-order chi connectivity index (χ0) is 9.23. The van der Waals surface area contributed by atoms with Crippen molar-refractivity contribution in [1.82, 2.24) is 5.32 Å². The van der Waals surface area contributed by atoms with E-state index in [-0.39, 0.29) is 0 Å². The monoisotopic (exact) mass is 190 g/mol. The van der Waals surface area contributed by atoms with Crippen LogP contribution >= 0.6 is 9.24 Å². The molecule has 74 valence electrons. The molecule has 1 fully saturated rings. The van der Waals surface area contributed by atoms with E-state index in [0.717, 1.165) is 18.9 Å². The summed E-state index contributed by atoms with van der Waals surface area (Å²) in [5, 5.41) is 3.45. The van der Waals surface area contributed by atoms with Crippen molar-refractivity contribution in [3.63, 3.8) is 0 Å². The molecule has 1 aliphatic rings. The molecule has 1 unspecified atom stereocenters. The predicted octanol–water partition coefficient (Wildman–Crippen LogP) is 1.71. The third-order valence-electron chi connectivity index (χ3n) is 2.01. The maximum atomic E-state index is 4.85. The summed E-state index contributed by atoms with van der Waals surface area (Å²) in [4.78, 5) is 0. The van der Waals surface area contributed by atoms with E-state index >= 15 is 0 Å². The van der Waals surface area contributed by atoms with Gasteiger partial charge in [-0.25, -0.2) is 0 Å². The number of nitrogens with one attached hydrogen (secondary N) is 1. The van der Waals surface area contributed by atoms with Crippen LogP contribution in [0.3, 0.4) is 0 Å². The topological polar surface area (TPSA) is 38.0 Å². The van der Waals surface area contributed by atoms with Gasteiger partial charge in [-0.05, 0) is 19.4 Å². The first-order chi connectivity index (χ1) is 5.85. The fourth-order valence-electron chi connectivity index (χ4n) is 1.47. The molecule has 0 bridgehead atoms. The summed E-state index contributed by atoms with van der Waals surface area (Å²) >= 11 is 0. The second-order valence-corrected chi connectivity index (χ2v) is 3.56. The van der Waals surface area contributed by atoms with Crippen LogP contribution < -0.4 is 11.1 Å². The van der Waals surface area contributed by atoms with Gasteiger partial charge in [0, 0.05) is 12.3 Å². The van der Waals surface area contributed by atoms with E-state index in [9.17, 15) is 0 Å². The zero-order valence-corrected chi connectivity index (χ0v) is 9.34. The highest BCUT2D eigenvalue weighted by atomic mass is 31.0. The molecule has 0 aromatic rings. The first kappa shape index (κ1) is 12.3. The summed E-state index contributed by atoms with van der Waals surface area (Å²) in [5.74, 6) is 0. The van der Waals surface area contributed by atoms with Crippen LogP contribution in [-0.4, -0.2) is 18.9 Å². The van der Waals surface area contributed by atoms with E-state index in [1.165, 1.54) is 32.1 Å². The lowest BCUT2D eigenvalue weighted by molar-refractivity contribution is 0.390. The van der Waals surface area contributed by atoms with Crippen LogP contribution in [0.15, 0.2) is 0 Å². The van der Waals surface area contributed by atoms with Crippen LogP contribution in [-0.2, 0) is 0 Å². The molecule has 0 saturated heterocycles. The molecule has 1 saturated carbocycles. The number of nitrogens with two attached hydrogens (primary N) is 1. The lowest BCUT2D eigenvalue weighted by atomic mass is 9.96. The van der Waals surface area contributed by atoms with Gasteiger partial charge in [-0.2, -0.15) is 0 Å². The Kier molecular flexibility index (Phi) is 9.71. The van der Waals surface area contributed by atoms with Gasteiger partial charge in [0.2, 0.25) is 0 Å². The first-order valence-corrected chi connectivity index (χ1v) is 5.80. The van der Waals surface area contributed by atoms with Crippen LogP contribution in [0.2, 0.25) is 0 Å². The third-order valence-corrected chi connectivity index (χ3v) is 2.25. The summed E-state index contributed by atoms with van der Waals surface area (Å²) < 4.78 is 0. The van der Waals surface area contributed by atoms with E-state index in [1.54, 1.807) is 0 Å². The van der Waals surface area contributed by atoms with Crippen molar-refractivity contribution in [1.29, 1.82) is 0 Å². The predicted molar refractivity (Wildman–Crippen MR) is 59.3 cm³/mol. The molecule has 0 aliphatic heterocycles. The van der Waals surface area contributed by atoms with Gasteiger partial charge in [0.05, 0.1) is 0 Å². The van der Waals surface area contributed by atoms with E-state index in [4.69, 9.17) is 5.73 Å². The fraction of sp³-hybridized carbons (Fsp3) is 1.00. The van der Waals surface area contributed by atoms with Gasteiger partial charge in [-0.1, -0.05) is 26.2 Å². The zero-order valence-electron chi connectivity index (χ0n) is 8.18. The van der Waals surface area contributed by atoms with Crippen molar-refractivity contribution in [2.75, 3.05) is 12.8 Å². The summed E-state index contributed by atoms with van der Waals surface area (Å²) in [6.45, 7) is 2.65. The van der Waals surface area contributed by atoms with Crippen LogP contribution in [0, 0.1) is 0 Å². The quantitative estimate of drug-likeness (QED) is 0.650. The minimum Gasteiger partial charge on any atom is -0.331 e. The summed E-state index contributed by atoms with van der Waals surface area (Å²) in [5.41, 5.74) is 4.85. The molecule has 0 aromatic carbocycles. The van der Waals surface area contributed by atoms with E-state index < -0.39 is 0 Å². The van der Waals surface area contributed by atoms with Gasteiger partial charge in [0.1, 0.15) is 0 Å². The molecule has 3 N–H and O–H groups in total. The van der Waals surface area contributed by atoms with Crippen molar-refractivity contribution in [3.05, 3.63) is 0 Å². The standard InChI is InChI=1S/C7H16NP.C2H7N/c9-6-8-7-4-2-1-3-5-7;1-2-3/h7-8H,1-6,9H2;2-3H2,1H3. The second kappa shape index (κ2) is 9.44. The van der Waals surface area contributed by atoms with E-state index in [1.807, 2.05) is 6.92 Å². The van der Waals surface area contributed by atoms with Crippen molar-refractivity contribution >= 4 is 9.24 Å². The van der Waals surface area contributed by atoms with Gasteiger partial charge >= 0.3 is 0 Å². The first-order valence-electron chi connectivity index (χ1n) is 4.98. The lowest BCUT2D eigenvalue weighted by Crippen LogP contribution is -2.29. The average Bonchev–Trinajstić information content (AvgIpc) is 2.08. The fourth-order valence-corrected chi connectivity index (χ4v) is 1.81. The Morgan fingerprint density at radius 1 is 1.33 bits per heavy atom. The van der Waals surface area contributed by atoms with Gasteiger partial charge in [-0.15, -0.1) is 9.24 Å². The average molecular weight is 190 g/mol. The SMILES string of the molecule is CCN.PCNC1CCCCC1. The lowest BCUT2D eigenvalue weighted by Gasteiger charge is -2.21. The molecule has 1 aliphatic carbocycles. The van der Waals surface area contributed by atoms with Crippen molar-refractivity contribution in [3.8, 4) is 0 Å². The molecular formula is C9H23N2P. The van der Waals surface area contributed by atoms with Crippen LogP contribution in [0.1, 0.15) is 39.0 Å². The molecule has 3 heteroatoms. The maximum absolute atomic E-state index is 4.85. The van der Waals surface area contributed by atoms with Gasteiger partial charge < -0.3 is 11.1 Å². The minimum atomic E-state index is 0.750. The molecule has 0 spiro atoms. The van der Waals surface area contributed by atoms with Gasteiger partial charge in [-0.3, -0.25) is 0 Å². The van der Waals surface area contributed by atoms with Crippen LogP contribution in [0.5, 0.6) is 0 Å². The highest BCUT2D eigenvalue weighted by molar-refractivity contribution is 7.16. The van der Waals surface area contributed by atoms with Crippen LogP contribution in [0.4, 0.5) is 0 Å². The number of rotatable bonds is 2. The highest BCUT2D eigenvalue weighted by Gasteiger charge is 2.10. The van der Waals surface area contributed by atoms with Crippen LogP contribution in [0.25, 0.3) is 0 Å². The number of hydrogen-bond acceptors (Lipinski definition) is 2. The second-order valence-electron chi connectivity index (χ2n) is 3.15. The summed E-state index contributed by atoms with van der Waals surface area (Å²) in [6.07, 6.45) is 8.17. The largest absolute Gasteiger partial charge is 0.331 e. The summed E-state index contributed by atoms with van der Waals surface area (Å²) in [7, 11) is 2.72. The molecule has 0 aromatic heterocycles. The maximum Gasteiger partial charge on any atom is 0.0101 e. The third kappa shape index (κ3) is 7.02. The van der Waals surface area contributed by atoms with Gasteiger partial charge in [0.15, 0.2) is 0 Å². The smallest absolute Gasteiger partial charge is 0.0101 e. The molecule has 1 atom stereocenters. The van der Waals surface area contributed by atoms with Crippen molar-refractivity contribution < 1.29 is 0 Å². The molecule has 0 heterocycles. The van der Waals surface area contributed by atoms with Gasteiger partial charge in [0.25, 0.3) is 0 Å². The Labute approximate surface area is 78.9 Å². The molecular weight excluding hydrogens is 167 g/mol. The minimum absolute atomic E-state index is 0.750. The van der Waals surface area contributed by atoms with E-state index in [2.05, 4.69) is 14.6 Å². The molecule has 12 heavy (non-hydrogen) atoms. The molecule has 1 rings (SSSR count). The van der Waals surface area contributed by atoms with Crippen molar-refractivity contribution in [2.45, 2.75) is 45.1 Å². The Bertz CT molecular complexity index is 79.8. The highest BCUT2D eigenvalue weighted by Crippen LogP contribution is 2.17. The molecule has 0 amide bonds. The molecule has 0 radical (unpaired) electrons. The van der Waals surface area contributed by atoms with E-state index in [0.29, 0.717) is 0 Å². The Hall–Kier alpha value is 0.350. The number of hydrogen-bond donors (Lipinski definition) is 2.